The van der Waals surface area contributed by atoms with Crippen LogP contribution in [0, 0.1) is 5.41 Å². The molecule has 1 aliphatic heterocycles. The van der Waals surface area contributed by atoms with Crippen LogP contribution in [0.1, 0.15) is 34.6 Å². The van der Waals surface area contributed by atoms with E-state index in [2.05, 4.69) is 6.58 Å². The van der Waals surface area contributed by atoms with Crippen molar-refractivity contribution in [3.8, 4) is 0 Å². The summed E-state index contributed by atoms with van der Waals surface area (Å²) in [6.07, 6.45) is 0.983. The number of carbonyl (C=O) groups is 2. The molecule has 0 saturated carbocycles. The minimum Gasteiger partial charge on any atom is -0.493 e. The summed E-state index contributed by atoms with van der Waals surface area (Å²) >= 11 is 0. The van der Waals surface area contributed by atoms with Gasteiger partial charge in [-0.15, -0.1) is 0 Å². The van der Waals surface area contributed by atoms with Crippen LogP contribution in [-0.2, 0) is 14.3 Å². The summed E-state index contributed by atoms with van der Waals surface area (Å²) in [5, 5.41) is 7.93. The fourth-order valence-electron chi connectivity index (χ4n) is 2.29. The molecule has 7 nitrogen and oxygen atoms in total. The molecule has 1 aliphatic rings. The Balaban J connectivity index is 3.14. The van der Waals surface area contributed by atoms with Crippen LogP contribution in [-0.4, -0.2) is 60.5 Å². The molecule has 1 heterocycles. The predicted octanol–water partition coefficient (Wildman–Crippen LogP) is 3.10. The van der Waals surface area contributed by atoms with E-state index < -0.39 is 17.6 Å². The first kappa shape index (κ1) is 21.5. The van der Waals surface area contributed by atoms with Crippen molar-refractivity contribution in [3.05, 3.63) is 35.1 Å². The predicted molar refractivity (Wildman–Crippen MR) is 101 cm³/mol. The summed E-state index contributed by atoms with van der Waals surface area (Å²) in [5.41, 5.74) is 0.973. The molecule has 2 amide bonds. The smallest absolute Gasteiger partial charge is 0.417 e. The van der Waals surface area contributed by atoms with Crippen LogP contribution in [0.25, 0.3) is 0 Å². The maximum atomic E-state index is 12.7. The van der Waals surface area contributed by atoms with E-state index in [1.165, 1.54) is 7.05 Å². The average Bonchev–Trinajstić information content (AvgIpc) is 2.77. The maximum absolute atomic E-state index is 12.7. The molecule has 1 fully saturated rings. The van der Waals surface area contributed by atoms with Crippen LogP contribution in [0.4, 0.5) is 4.79 Å². The van der Waals surface area contributed by atoms with E-state index in [0.717, 1.165) is 10.5 Å². The van der Waals surface area contributed by atoms with Crippen LogP contribution >= 0.6 is 0 Å². The quantitative estimate of drug-likeness (QED) is 0.613. The number of carbonyl (C=O) groups excluding carboxylic acids is 2. The van der Waals surface area contributed by atoms with Gasteiger partial charge in [-0.2, -0.15) is 0 Å². The lowest BCUT2D eigenvalue weighted by Crippen LogP contribution is -2.38. The number of hydrogen-bond acceptors (Lipinski definition) is 5. The summed E-state index contributed by atoms with van der Waals surface area (Å²) in [6, 6.07) is 0. The van der Waals surface area contributed by atoms with Gasteiger partial charge < -0.3 is 14.4 Å². The molecule has 26 heavy (non-hydrogen) atoms. The van der Waals surface area contributed by atoms with Gasteiger partial charge >= 0.3 is 6.09 Å². The molecule has 144 valence electrons. The van der Waals surface area contributed by atoms with Crippen LogP contribution in [0.2, 0.25) is 0 Å². The maximum Gasteiger partial charge on any atom is 0.417 e. The monoisotopic (exact) mass is 363 g/mol. The highest BCUT2D eigenvalue weighted by Gasteiger charge is 2.27. The number of likely N-dealkylation sites (N-methyl/N-ethyl adjacent to an activating group) is 2. The van der Waals surface area contributed by atoms with Crippen molar-refractivity contribution in [3.63, 3.8) is 0 Å². The molecule has 1 saturated heterocycles. The fraction of sp³-hybridized carbons (Fsp3) is 0.526. The zero-order valence-corrected chi connectivity index (χ0v) is 16.7. The number of hydrogen-bond donors (Lipinski definition) is 1. The Kier molecular flexibility index (Phi) is 6.78. The normalized spacial score (nSPS) is 17.3. The van der Waals surface area contributed by atoms with Crippen molar-refractivity contribution in [2.45, 2.75) is 40.2 Å². The van der Waals surface area contributed by atoms with Gasteiger partial charge in [-0.3, -0.25) is 10.2 Å². The molecular formula is C19H29N3O4. The van der Waals surface area contributed by atoms with Gasteiger partial charge in [0.25, 0.3) is 5.91 Å². The van der Waals surface area contributed by atoms with Gasteiger partial charge in [0, 0.05) is 26.2 Å². The van der Waals surface area contributed by atoms with E-state index in [9.17, 15) is 9.59 Å². The molecule has 0 radical (unpaired) electrons. The van der Waals surface area contributed by atoms with Crippen molar-refractivity contribution in [2.24, 2.45) is 0 Å². The highest BCUT2D eigenvalue weighted by molar-refractivity contribution is 6.04. The number of amides is 2. The largest absolute Gasteiger partial charge is 0.493 e. The third kappa shape index (κ3) is 5.21. The number of ether oxygens (including phenoxy) is 2. The molecule has 0 atom stereocenters. The second-order valence-corrected chi connectivity index (χ2v) is 7.12. The van der Waals surface area contributed by atoms with Crippen molar-refractivity contribution in [1.29, 1.82) is 5.41 Å². The summed E-state index contributed by atoms with van der Waals surface area (Å²) < 4.78 is 10.8. The fourth-order valence-corrected chi connectivity index (χ4v) is 2.29. The van der Waals surface area contributed by atoms with E-state index in [1.807, 2.05) is 6.92 Å². The first-order chi connectivity index (χ1) is 11.9. The Labute approximate surface area is 155 Å². The van der Waals surface area contributed by atoms with Gasteiger partial charge in [0.1, 0.15) is 17.2 Å². The molecule has 0 spiro atoms. The lowest BCUT2D eigenvalue weighted by atomic mass is 10.1. The number of nitrogens with zero attached hydrogens (tertiary/aromatic N) is 2. The van der Waals surface area contributed by atoms with Gasteiger partial charge in [0.2, 0.25) is 0 Å². The Morgan fingerprint density at radius 1 is 1.38 bits per heavy atom. The van der Waals surface area contributed by atoms with E-state index in [0.29, 0.717) is 30.3 Å². The number of amidine groups is 1. The van der Waals surface area contributed by atoms with Gasteiger partial charge in [-0.1, -0.05) is 6.58 Å². The third-order valence-electron chi connectivity index (χ3n) is 3.73. The summed E-state index contributed by atoms with van der Waals surface area (Å²) in [5.74, 6) is 0.181. The van der Waals surface area contributed by atoms with Gasteiger partial charge in [-0.05, 0) is 46.3 Å². The first-order valence-electron chi connectivity index (χ1n) is 8.43. The molecule has 0 aliphatic carbocycles. The topological polar surface area (TPSA) is 82.9 Å². The SMILES string of the molecule is C=C1C(=N)N(C)C/C1=C/C(OCC)=C(\C)C(=O)N(C)C(=O)OC(C)(C)C. The Hall–Kier alpha value is -2.57. The molecule has 0 unspecified atom stereocenters. The van der Waals surface area contributed by atoms with Crippen LogP contribution in [0.3, 0.4) is 0 Å². The lowest BCUT2D eigenvalue weighted by molar-refractivity contribution is -0.125. The van der Waals surface area contributed by atoms with Gasteiger partial charge in [-0.25, -0.2) is 9.69 Å². The summed E-state index contributed by atoms with van der Waals surface area (Å²) in [7, 11) is 3.17. The molecule has 0 aromatic rings. The highest BCUT2D eigenvalue weighted by atomic mass is 16.6. The van der Waals surface area contributed by atoms with Gasteiger partial charge in [0.15, 0.2) is 0 Å². The molecule has 1 rings (SSSR count). The number of imide groups is 1. The number of nitrogens with one attached hydrogen (secondary N) is 1. The highest BCUT2D eigenvalue weighted by Crippen LogP contribution is 2.24. The van der Waals surface area contributed by atoms with Crippen LogP contribution in [0.15, 0.2) is 35.1 Å². The summed E-state index contributed by atoms with van der Waals surface area (Å²) in [6.45, 7) is 13.4. The second kappa shape index (κ2) is 8.21. The van der Waals surface area contributed by atoms with Crippen molar-refractivity contribution in [2.75, 3.05) is 27.2 Å². The van der Waals surface area contributed by atoms with Crippen molar-refractivity contribution < 1.29 is 19.1 Å². The number of likely N-dealkylation sites (tertiary alicyclic amines) is 1. The summed E-state index contributed by atoms with van der Waals surface area (Å²) in [4.78, 5) is 27.5. The van der Waals surface area contributed by atoms with Crippen molar-refractivity contribution >= 4 is 17.8 Å². The number of rotatable bonds is 4. The minimum atomic E-state index is -0.725. The minimum absolute atomic E-state index is 0.279. The number of allylic oxidation sites excluding steroid dienone is 1. The lowest BCUT2D eigenvalue weighted by Gasteiger charge is -2.24. The standard InChI is InChI=1S/C19H29N3O4/c1-9-25-15(10-14-11-21(7)16(20)12(14)2)13(3)17(23)22(8)18(24)26-19(4,5)6/h10,20H,2,9,11H2,1,3-8H3/b14-10-,15-13-,20-16?. The molecular weight excluding hydrogens is 334 g/mol. The molecule has 0 aromatic heterocycles. The third-order valence-corrected chi connectivity index (χ3v) is 3.73. The molecule has 0 aromatic carbocycles. The zero-order chi connectivity index (χ0) is 20.2. The van der Waals surface area contributed by atoms with Crippen molar-refractivity contribution in [1.82, 2.24) is 9.80 Å². The molecule has 0 bridgehead atoms. The Morgan fingerprint density at radius 2 is 1.96 bits per heavy atom. The Bertz CT molecular complexity index is 683. The molecule has 1 N–H and O–H groups in total. The van der Waals surface area contributed by atoms with Crippen LogP contribution < -0.4 is 0 Å². The van der Waals surface area contributed by atoms with E-state index >= 15 is 0 Å². The average molecular weight is 363 g/mol. The van der Waals surface area contributed by atoms with Gasteiger partial charge in [0.05, 0.1) is 12.2 Å². The molecule has 7 heteroatoms. The zero-order valence-electron chi connectivity index (χ0n) is 16.7. The van der Waals surface area contributed by atoms with E-state index in [4.69, 9.17) is 14.9 Å². The van der Waals surface area contributed by atoms with Crippen LogP contribution in [0.5, 0.6) is 0 Å². The Morgan fingerprint density at radius 3 is 2.38 bits per heavy atom. The van der Waals surface area contributed by atoms with E-state index in [-0.39, 0.29) is 5.57 Å². The van der Waals surface area contributed by atoms with E-state index in [1.54, 1.807) is 45.7 Å². The second-order valence-electron chi connectivity index (χ2n) is 7.12. The first-order valence-corrected chi connectivity index (χ1v) is 8.43.